The molecule has 26 heavy (non-hydrogen) atoms. The molecule has 0 aliphatic carbocycles. The lowest BCUT2D eigenvalue weighted by Gasteiger charge is -2.33. The Hall–Kier alpha value is -2.12. The summed E-state index contributed by atoms with van der Waals surface area (Å²) >= 11 is 1.60. The summed E-state index contributed by atoms with van der Waals surface area (Å²) in [5, 5.41) is 3.82. The van der Waals surface area contributed by atoms with Gasteiger partial charge in [-0.3, -0.25) is 4.79 Å². The van der Waals surface area contributed by atoms with Gasteiger partial charge in [0.2, 0.25) is 5.91 Å². The smallest absolute Gasteiger partial charge is 0.224 e. The summed E-state index contributed by atoms with van der Waals surface area (Å²) in [5.41, 5.74) is 0. The standard InChI is InChI=1S/C19H24N4O2S/c1-25-13-11-21-18(24)15-6-5-12-23(14-15)17-19(22-10-9-20-17)26-16-7-3-2-4-8-16/h2-4,7-10,15H,5-6,11-14H2,1H3,(H,21,24). The van der Waals surface area contributed by atoms with Gasteiger partial charge in [-0.05, 0) is 25.0 Å². The number of hydrogen-bond acceptors (Lipinski definition) is 6. The zero-order chi connectivity index (χ0) is 18.2. The normalized spacial score (nSPS) is 17.1. The first-order chi connectivity index (χ1) is 12.8. The molecule has 1 aliphatic rings. The predicted octanol–water partition coefficient (Wildman–Crippen LogP) is 2.61. The van der Waals surface area contributed by atoms with Crippen molar-refractivity contribution in [2.45, 2.75) is 22.8 Å². The SMILES string of the molecule is COCCNC(=O)C1CCCN(c2nccnc2Sc2ccccc2)C1. The van der Waals surface area contributed by atoms with Gasteiger partial charge in [-0.2, -0.15) is 0 Å². The Morgan fingerprint density at radius 2 is 2.12 bits per heavy atom. The van der Waals surface area contributed by atoms with Gasteiger partial charge in [-0.15, -0.1) is 0 Å². The second-order valence-electron chi connectivity index (χ2n) is 6.17. The molecule has 0 spiro atoms. The van der Waals surface area contributed by atoms with Gasteiger partial charge in [0, 0.05) is 44.0 Å². The summed E-state index contributed by atoms with van der Waals surface area (Å²) in [4.78, 5) is 24.8. The van der Waals surface area contributed by atoms with E-state index in [1.165, 1.54) is 0 Å². The van der Waals surface area contributed by atoms with Crippen molar-refractivity contribution in [2.24, 2.45) is 5.92 Å². The summed E-state index contributed by atoms with van der Waals surface area (Å²) in [5.74, 6) is 0.917. The molecule has 7 heteroatoms. The van der Waals surface area contributed by atoms with Crippen LogP contribution in [-0.2, 0) is 9.53 Å². The molecule has 1 aliphatic heterocycles. The van der Waals surface area contributed by atoms with Crippen LogP contribution in [0.25, 0.3) is 0 Å². The van der Waals surface area contributed by atoms with E-state index in [9.17, 15) is 4.79 Å². The van der Waals surface area contributed by atoms with Gasteiger partial charge in [0.15, 0.2) is 5.82 Å². The van der Waals surface area contributed by atoms with E-state index in [2.05, 4.69) is 32.3 Å². The van der Waals surface area contributed by atoms with Crippen LogP contribution in [0.2, 0.25) is 0 Å². The molecular formula is C19H24N4O2S. The van der Waals surface area contributed by atoms with Crippen molar-refractivity contribution in [1.29, 1.82) is 0 Å². The van der Waals surface area contributed by atoms with Crippen LogP contribution >= 0.6 is 11.8 Å². The van der Waals surface area contributed by atoms with Gasteiger partial charge >= 0.3 is 0 Å². The van der Waals surface area contributed by atoms with Crippen LogP contribution in [0.15, 0.2) is 52.6 Å². The molecular weight excluding hydrogens is 348 g/mol. The molecule has 1 aromatic heterocycles. The number of nitrogens with zero attached hydrogens (tertiary/aromatic N) is 3. The quantitative estimate of drug-likeness (QED) is 0.754. The van der Waals surface area contributed by atoms with E-state index in [4.69, 9.17) is 4.74 Å². The van der Waals surface area contributed by atoms with Crippen molar-refractivity contribution in [3.63, 3.8) is 0 Å². The van der Waals surface area contributed by atoms with Gasteiger partial charge in [0.25, 0.3) is 0 Å². The Balaban J connectivity index is 1.69. The molecule has 6 nitrogen and oxygen atoms in total. The average Bonchev–Trinajstić information content (AvgIpc) is 2.69. The number of anilines is 1. The first kappa shape index (κ1) is 18.7. The van der Waals surface area contributed by atoms with Crippen molar-refractivity contribution in [2.75, 3.05) is 38.3 Å². The monoisotopic (exact) mass is 372 g/mol. The third kappa shape index (κ3) is 4.95. The third-order valence-electron chi connectivity index (χ3n) is 4.30. The lowest BCUT2D eigenvalue weighted by atomic mass is 9.97. The number of piperidine rings is 1. The lowest BCUT2D eigenvalue weighted by molar-refractivity contribution is -0.125. The van der Waals surface area contributed by atoms with Gasteiger partial charge in [0.1, 0.15) is 5.03 Å². The Morgan fingerprint density at radius 1 is 1.31 bits per heavy atom. The van der Waals surface area contributed by atoms with E-state index in [1.807, 2.05) is 18.2 Å². The number of amides is 1. The van der Waals surface area contributed by atoms with Gasteiger partial charge in [0.05, 0.1) is 12.5 Å². The van der Waals surface area contributed by atoms with Crippen LogP contribution in [-0.4, -0.2) is 49.2 Å². The van der Waals surface area contributed by atoms with E-state index < -0.39 is 0 Å². The second kappa shape index (κ2) is 9.54. The highest BCUT2D eigenvalue weighted by atomic mass is 32.2. The van der Waals surface area contributed by atoms with Crippen LogP contribution in [0.4, 0.5) is 5.82 Å². The van der Waals surface area contributed by atoms with Gasteiger partial charge < -0.3 is 15.0 Å². The highest BCUT2D eigenvalue weighted by Gasteiger charge is 2.27. The average molecular weight is 372 g/mol. The van der Waals surface area contributed by atoms with Crippen LogP contribution in [0.3, 0.4) is 0 Å². The molecule has 1 unspecified atom stereocenters. The largest absolute Gasteiger partial charge is 0.383 e. The third-order valence-corrected chi connectivity index (χ3v) is 5.29. The summed E-state index contributed by atoms with van der Waals surface area (Å²) in [6.07, 6.45) is 5.30. The summed E-state index contributed by atoms with van der Waals surface area (Å²) < 4.78 is 5.00. The molecule has 2 aromatic rings. The van der Waals surface area contributed by atoms with Crippen molar-refractivity contribution in [3.05, 3.63) is 42.7 Å². The Labute approximate surface area is 158 Å². The highest BCUT2D eigenvalue weighted by molar-refractivity contribution is 7.99. The fourth-order valence-corrected chi connectivity index (χ4v) is 3.91. The van der Waals surface area contributed by atoms with E-state index in [0.29, 0.717) is 19.7 Å². The van der Waals surface area contributed by atoms with Crippen LogP contribution in [0.5, 0.6) is 0 Å². The number of ether oxygens (including phenoxy) is 1. The van der Waals surface area contributed by atoms with Gasteiger partial charge in [-0.25, -0.2) is 9.97 Å². The van der Waals surface area contributed by atoms with Gasteiger partial charge in [-0.1, -0.05) is 30.0 Å². The zero-order valence-electron chi connectivity index (χ0n) is 14.9. The van der Waals surface area contributed by atoms with Crippen LogP contribution < -0.4 is 10.2 Å². The first-order valence-electron chi connectivity index (χ1n) is 8.83. The predicted molar refractivity (Wildman–Crippen MR) is 102 cm³/mol. The number of hydrogen-bond donors (Lipinski definition) is 1. The minimum atomic E-state index is -0.0304. The molecule has 1 saturated heterocycles. The maximum Gasteiger partial charge on any atom is 0.224 e. The minimum Gasteiger partial charge on any atom is -0.383 e. The van der Waals surface area contributed by atoms with Crippen molar-refractivity contribution >= 4 is 23.5 Å². The number of rotatable bonds is 7. The summed E-state index contributed by atoms with van der Waals surface area (Å²) in [7, 11) is 1.63. The van der Waals surface area contributed by atoms with E-state index in [-0.39, 0.29) is 11.8 Å². The Bertz CT molecular complexity index is 714. The van der Waals surface area contributed by atoms with Crippen LogP contribution in [0.1, 0.15) is 12.8 Å². The molecule has 0 radical (unpaired) electrons. The highest BCUT2D eigenvalue weighted by Crippen LogP contribution is 2.33. The summed E-state index contributed by atoms with van der Waals surface area (Å²) in [6, 6.07) is 10.1. The van der Waals surface area contributed by atoms with Crippen LogP contribution in [0, 0.1) is 5.92 Å². The fourth-order valence-electron chi connectivity index (χ4n) is 3.01. The molecule has 3 rings (SSSR count). The molecule has 0 saturated carbocycles. The maximum absolute atomic E-state index is 12.4. The number of benzene rings is 1. The van der Waals surface area contributed by atoms with E-state index >= 15 is 0 Å². The molecule has 1 fully saturated rings. The lowest BCUT2D eigenvalue weighted by Crippen LogP contribution is -2.44. The maximum atomic E-state index is 12.4. The van der Waals surface area contributed by atoms with Crippen molar-refractivity contribution in [3.8, 4) is 0 Å². The number of aromatic nitrogens is 2. The van der Waals surface area contributed by atoms with Crippen molar-refractivity contribution in [1.82, 2.24) is 15.3 Å². The molecule has 2 heterocycles. The number of carbonyl (C=O) groups is 1. The molecule has 0 bridgehead atoms. The second-order valence-corrected chi connectivity index (χ2v) is 7.23. The van der Waals surface area contributed by atoms with E-state index in [1.54, 1.807) is 31.3 Å². The first-order valence-corrected chi connectivity index (χ1v) is 9.65. The van der Waals surface area contributed by atoms with Crippen molar-refractivity contribution < 1.29 is 9.53 Å². The molecule has 138 valence electrons. The molecule has 1 amide bonds. The number of methoxy groups -OCH3 is 1. The Morgan fingerprint density at radius 3 is 2.92 bits per heavy atom. The summed E-state index contributed by atoms with van der Waals surface area (Å²) in [6.45, 7) is 2.64. The molecule has 1 aromatic carbocycles. The number of carbonyl (C=O) groups excluding carboxylic acids is 1. The van der Waals surface area contributed by atoms with E-state index in [0.717, 1.165) is 35.1 Å². The number of nitrogens with one attached hydrogen (secondary N) is 1. The zero-order valence-corrected chi connectivity index (χ0v) is 15.7. The fraction of sp³-hybridized carbons (Fsp3) is 0.421. The minimum absolute atomic E-state index is 0.0304. The molecule has 1 atom stereocenters. The Kier molecular flexibility index (Phi) is 6.85. The molecule has 1 N–H and O–H groups in total. The topological polar surface area (TPSA) is 67.3 Å².